The van der Waals surface area contributed by atoms with E-state index in [0.717, 1.165) is 17.2 Å². The second-order valence-corrected chi connectivity index (χ2v) is 7.55. The average molecular weight is 474 g/mol. The standard InChI is InChI=1S/C21H17F3N6O4/c22-13-7-14(30-10-12(34-21(30)32)9-26-15-3-6-33-28-15)18(23)19(24)17(13)11-1-2-16(27-8-11)29-5-4-25-20(29)31/h1-3,6-8,12H,4-5,9-10H2,(H,25,31)(H,26,28)/t12-/m0/s1. The van der Waals surface area contributed by atoms with Gasteiger partial charge in [0.25, 0.3) is 0 Å². The number of pyridine rings is 1. The van der Waals surface area contributed by atoms with Crippen molar-refractivity contribution in [2.75, 3.05) is 41.3 Å². The first kappa shape index (κ1) is 21.6. The van der Waals surface area contributed by atoms with Crippen molar-refractivity contribution in [2.45, 2.75) is 6.10 Å². The summed E-state index contributed by atoms with van der Waals surface area (Å²) >= 11 is 0. The summed E-state index contributed by atoms with van der Waals surface area (Å²) in [6.45, 7) is 0.853. The number of rotatable bonds is 6. The van der Waals surface area contributed by atoms with Crippen molar-refractivity contribution in [1.82, 2.24) is 15.5 Å². The van der Waals surface area contributed by atoms with Gasteiger partial charge in [-0.3, -0.25) is 9.80 Å². The second-order valence-electron chi connectivity index (χ2n) is 7.55. The molecule has 0 radical (unpaired) electrons. The van der Waals surface area contributed by atoms with Crippen LogP contribution >= 0.6 is 0 Å². The Hall–Kier alpha value is -4.29. The Morgan fingerprint density at radius 3 is 2.68 bits per heavy atom. The van der Waals surface area contributed by atoms with Crippen LogP contribution in [0.3, 0.4) is 0 Å². The van der Waals surface area contributed by atoms with Crippen LogP contribution in [0, 0.1) is 17.5 Å². The number of aromatic nitrogens is 2. The van der Waals surface area contributed by atoms with E-state index in [9.17, 15) is 22.8 Å². The summed E-state index contributed by atoms with van der Waals surface area (Å²) in [7, 11) is 0. The second kappa shape index (κ2) is 8.57. The van der Waals surface area contributed by atoms with Crippen LogP contribution in [0.15, 0.2) is 41.2 Å². The van der Waals surface area contributed by atoms with Gasteiger partial charge in [0.05, 0.1) is 24.3 Å². The van der Waals surface area contributed by atoms with Gasteiger partial charge in [-0.2, -0.15) is 0 Å². The summed E-state index contributed by atoms with van der Waals surface area (Å²) in [4.78, 5) is 30.3. The maximum atomic E-state index is 15.0. The molecule has 2 aliphatic heterocycles. The molecule has 2 N–H and O–H groups in total. The molecule has 2 aromatic heterocycles. The van der Waals surface area contributed by atoms with Gasteiger partial charge in [0, 0.05) is 37.0 Å². The molecule has 176 valence electrons. The summed E-state index contributed by atoms with van der Waals surface area (Å²) in [5.74, 6) is -3.25. The molecule has 0 saturated carbocycles. The summed E-state index contributed by atoms with van der Waals surface area (Å²) in [5, 5.41) is 9.14. The lowest BCUT2D eigenvalue weighted by Gasteiger charge is -2.17. The number of amides is 3. The molecule has 1 aromatic carbocycles. The largest absolute Gasteiger partial charge is 0.442 e. The van der Waals surface area contributed by atoms with Crippen molar-refractivity contribution in [3.05, 3.63) is 54.2 Å². The fourth-order valence-corrected chi connectivity index (χ4v) is 3.77. The van der Waals surface area contributed by atoms with Crippen molar-refractivity contribution in [2.24, 2.45) is 0 Å². The lowest BCUT2D eigenvalue weighted by Crippen LogP contribution is -2.28. The normalized spacial score (nSPS) is 17.8. The van der Waals surface area contributed by atoms with E-state index in [1.165, 1.54) is 23.3 Å². The summed E-state index contributed by atoms with van der Waals surface area (Å²) in [5.41, 5.74) is -1.24. The Bertz CT molecular complexity index is 1240. The topological polar surface area (TPSA) is 113 Å². The van der Waals surface area contributed by atoms with Crippen LogP contribution in [0.5, 0.6) is 0 Å². The van der Waals surface area contributed by atoms with Gasteiger partial charge in [-0.15, -0.1) is 0 Å². The molecule has 2 aliphatic rings. The Kier molecular flexibility index (Phi) is 5.43. The third-order valence-electron chi connectivity index (χ3n) is 5.42. The van der Waals surface area contributed by atoms with E-state index in [2.05, 4.69) is 25.3 Å². The van der Waals surface area contributed by atoms with Crippen molar-refractivity contribution >= 4 is 29.4 Å². The Labute approximate surface area is 190 Å². The minimum Gasteiger partial charge on any atom is -0.442 e. The van der Waals surface area contributed by atoms with Crippen LogP contribution < -0.4 is 20.4 Å². The van der Waals surface area contributed by atoms with Crippen molar-refractivity contribution in [3.8, 4) is 11.1 Å². The molecule has 3 amide bonds. The highest BCUT2D eigenvalue weighted by atomic mass is 19.2. The number of carbonyl (C=O) groups excluding carboxylic acids is 2. The van der Waals surface area contributed by atoms with Crippen LogP contribution in [0.4, 0.5) is 40.1 Å². The molecule has 1 atom stereocenters. The quantitative estimate of drug-likeness (QED) is 0.528. The zero-order valence-electron chi connectivity index (χ0n) is 17.4. The molecule has 0 bridgehead atoms. The molecular formula is C21H17F3N6O4. The maximum Gasteiger partial charge on any atom is 0.414 e. The van der Waals surface area contributed by atoms with E-state index in [4.69, 9.17) is 4.74 Å². The van der Waals surface area contributed by atoms with Crippen LogP contribution in [0.2, 0.25) is 0 Å². The van der Waals surface area contributed by atoms with Gasteiger partial charge in [-0.05, 0) is 12.1 Å². The van der Waals surface area contributed by atoms with Crippen LogP contribution in [0.1, 0.15) is 0 Å². The highest BCUT2D eigenvalue weighted by molar-refractivity contribution is 5.93. The molecular weight excluding hydrogens is 457 g/mol. The summed E-state index contributed by atoms with van der Waals surface area (Å²) in [6, 6.07) is 4.71. The van der Waals surface area contributed by atoms with Crippen LogP contribution in [-0.4, -0.2) is 54.5 Å². The minimum atomic E-state index is -1.47. The van der Waals surface area contributed by atoms with Gasteiger partial charge in [0.2, 0.25) is 0 Å². The fraction of sp³-hybridized carbons (Fsp3) is 0.238. The predicted octanol–water partition coefficient (Wildman–Crippen LogP) is 3.12. The Morgan fingerprint density at radius 1 is 1.15 bits per heavy atom. The number of benzene rings is 1. The lowest BCUT2D eigenvalue weighted by atomic mass is 10.0. The zero-order chi connectivity index (χ0) is 23.8. The number of urea groups is 1. The smallest absolute Gasteiger partial charge is 0.414 e. The number of nitrogens with one attached hydrogen (secondary N) is 2. The number of hydrogen-bond donors (Lipinski definition) is 2. The number of ether oxygens (including phenoxy) is 1. The third-order valence-corrected chi connectivity index (χ3v) is 5.42. The van der Waals surface area contributed by atoms with Crippen LogP contribution in [0.25, 0.3) is 11.1 Å². The molecule has 2 saturated heterocycles. The molecule has 34 heavy (non-hydrogen) atoms. The molecule has 13 heteroatoms. The molecule has 2 fully saturated rings. The van der Waals surface area contributed by atoms with E-state index in [1.807, 2.05) is 0 Å². The Balaban J connectivity index is 1.37. The average Bonchev–Trinajstić information content (AvgIpc) is 3.57. The molecule has 0 spiro atoms. The lowest BCUT2D eigenvalue weighted by molar-refractivity contribution is 0.147. The van der Waals surface area contributed by atoms with Crippen molar-refractivity contribution in [3.63, 3.8) is 0 Å². The monoisotopic (exact) mass is 474 g/mol. The number of hydrogen-bond acceptors (Lipinski definition) is 7. The third kappa shape index (κ3) is 3.84. The zero-order valence-corrected chi connectivity index (χ0v) is 17.4. The molecule has 3 aromatic rings. The first-order valence-corrected chi connectivity index (χ1v) is 10.2. The number of cyclic esters (lactones) is 1. The van der Waals surface area contributed by atoms with Gasteiger partial charge in [0.15, 0.2) is 17.5 Å². The van der Waals surface area contributed by atoms with Crippen LogP contribution in [-0.2, 0) is 4.74 Å². The highest BCUT2D eigenvalue weighted by Gasteiger charge is 2.36. The van der Waals surface area contributed by atoms with E-state index in [1.54, 1.807) is 6.07 Å². The maximum absolute atomic E-state index is 15.0. The first-order valence-electron chi connectivity index (χ1n) is 10.2. The van der Waals surface area contributed by atoms with Gasteiger partial charge < -0.3 is 19.9 Å². The highest BCUT2D eigenvalue weighted by Crippen LogP contribution is 2.35. The fourth-order valence-electron chi connectivity index (χ4n) is 3.77. The SMILES string of the molecule is O=C1NCCN1c1ccc(-c2c(F)cc(N3C[C@H](CNc4ccon4)OC3=O)c(F)c2F)cn1. The van der Waals surface area contributed by atoms with Gasteiger partial charge in [-0.25, -0.2) is 27.7 Å². The van der Waals surface area contributed by atoms with E-state index in [-0.39, 0.29) is 24.7 Å². The molecule has 0 unspecified atom stereocenters. The van der Waals surface area contributed by atoms with Gasteiger partial charge >= 0.3 is 12.1 Å². The molecule has 0 aliphatic carbocycles. The van der Waals surface area contributed by atoms with Gasteiger partial charge in [-0.1, -0.05) is 5.16 Å². The van der Waals surface area contributed by atoms with Crippen molar-refractivity contribution in [1.29, 1.82) is 0 Å². The first-order chi connectivity index (χ1) is 16.4. The number of carbonyl (C=O) groups is 2. The van der Waals surface area contributed by atoms with Crippen molar-refractivity contribution < 1.29 is 32.0 Å². The summed E-state index contributed by atoms with van der Waals surface area (Å²) in [6.07, 6.45) is 0.850. The van der Waals surface area contributed by atoms with E-state index >= 15 is 0 Å². The molecule has 4 heterocycles. The van der Waals surface area contributed by atoms with E-state index < -0.39 is 40.9 Å². The molecule has 10 nitrogen and oxygen atoms in total. The number of anilines is 3. The minimum absolute atomic E-state index is 0.0255. The number of halogens is 3. The predicted molar refractivity (Wildman–Crippen MR) is 113 cm³/mol. The van der Waals surface area contributed by atoms with Gasteiger partial charge in [0.1, 0.15) is 24.0 Å². The Morgan fingerprint density at radius 2 is 2.00 bits per heavy atom. The summed E-state index contributed by atoms with van der Waals surface area (Å²) < 4.78 is 54.7. The number of nitrogens with zero attached hydrogens (tertiary/aromatic N) is 4. The van der Waals surface area contributed by atoms with E-state index in [0.29, 0.717) is 24.7 Å². The molecule has 5 rings (SSSR count).